The molecule has 0 radical (unpaired) electrons. The number of pyridine rings is 1. The monoisotopic (exact) mass is 314 g/mol. The highest BCUT2D eigenvalue weighted by molar-refractivity contribution is 7.90. The smallest absolute Gasteiger partial charge is 0.253 e. The van der Waals surface area contributed by atoms with Crippen molar-refractivity contribution < 1.29 is 13.2 Å². The van der Waals surface area contributed by atoms with E-state index in [4.69, 9.17) is 4.74 Å². The summed E-state index contributed by atoms with van der Waals surface area (Å²) in [5.41, 5.74) is 1.48. The first-order valence-corrected chi connectivity index (χ1v) is 8.56. The number of hydrogen-bond donors (Lipinski definition) is 1. The summed E-state index contributed by atoms with van der Waals surface area (Å²) in [4.78, 5) is 12.2. The third-order valence-corrected chi connectivity index (χ3v) is 5.51. The van der Waals surface area contributed by atoms with Crippen LogP contribution in [0.15, 0.2) is 17.1 Å². The molecule has 1 aromatic rings. The van der Waals surface area contributed by atoms with Crippen LogP contribution in [0.1, 0.15) is 30.0 Å². The third-order valence-electron chi connectivity index (χ3n) is 3.59. The minimum absolute atomic E-state index is 0.117. The molecule has 1 N–H and O–H groups in total. The Morgan fingerprint density at radius 3 is 2.67 bits per heavy atom. The molecule has 1 atom stereocenters. The number of nitrogens with zero attached hydrogens (tertiary/aromatic N) is 1. The summed E-state index contributed by atoms with van der Waals surface area (Å²) in [5.74, 6) is 0. The summed E-state index contributed by atoms with van der Waals surface area (Å²) in [7, 11) is -1.72. The van der Waals surface area contributed by atoms with E-state index in [0.29, 0.717) is 18.4 Å². The largest absolute Gasteiger partial charge is 0.382 e. The Labute approximate surface area is 125 Å². The van der Waals surface area contributed by atoms with E-state index in [1.54, 1.807) is 17.7 Å². The van der Waals surface area contributed by atoms with Gasteiger partial charge < -0.3 is 9.30 Å². The average molecular weight is 314 g/mol. The van der Waals surface area contributed by atoms with Gasteiger partial charge in [0, 0.05) is 25.4 Å². The van der Waals surface area contributed by atoms with Crippen LogP contribution in [-0.4, -0.2) is 38.5 Å². The lowest BCUT2D eigenvalue weighted by molar-refractivity contribution is 0.154. The Bertz CT molecular complexity index is 662. The van der Waals surface area contributed by atoms with Crippen molar-refractivity contribution >= 4 is 10.0 Å². The van der Waals surface area contributed by atoms with Crippen LogP contribution < -0.4 is 10.3 Å². The molecule has 118 valence electrons. The molecule has 1 saturated carbocycles. The topological polar surface area (TPSA) is 77.4 Å². The number of methoxy groups -OCH3 is 1. The zero-order chi connectivity index (χ0) is 15.6. The molecule has 0 spiro atoms. The zero-order valence-corrected chi connectivity index (χ0v) is 13.4. The minimum Gasteiger partial charge on any atom is -0.382 e. The van der Waals surface area contributed by atoms with Crippen LogP contribution >= 0.6 is 0 Å². The summed E-state index contributed by atoms with van der Waals surface area (Å²) in [5, 5.41) is -0.267. The molecular formula is C14H22N2O4S. The van der Waals surface area contributed by atoms with Gasteiger partial charge in [-0.3, -0.25) is 4.79 Å². The first-order chi connectivity index (χ1) is 9.85. The molecule has 6 nitrogen and oxygen atoms in total. The van der Waals surface area contributed by atoms with Crippen molar-refractivity contribution in [1.82, 2.24) is 9.29 Å². The molecule has 1 fully saturated rings. The highest BCUT2D eigenvalue weighted by atomic mass is 32.2. The van der Waals surface area contributed by atoms with Crippen molar-refractivity contribution in [2.45, 2.75) is 38.0 Å². The van der Waals surface area contributed by atoms with Gasteiger partial charge in [-0.05, 0) is 38.3 Å². The predicted octanol–water partition coefficient (Wildman–Crippen LogP) is 0.734. The van der Waals surface area contributed by atoms with Gasteiger partial charge in [0.2, 0.25) is 10.0 Å². The number of aromatic nitrogens is 1. The van der Waals surface area contributed by atoms with Gasteiger partial charge >= 0.3 is 0 Å². The second kappa shape index (κ2) is 6.29. The third kappa shape index (κ3) is 3.93. The molecule has 0 aromatic carbocycles. The maximum absolute atomic E-state index is 12.2. The molecule has 0 amide bonds. The molecule has 0 bridgehead atoms. The van der Waals surface area contributed by atoms with Crippen LogP contribution in [0, 0.1) is 13.8 Å². The quantitative estimate of drug-likeness (QED) is 0.805. The molecule has 0 unspecified atom stereocenters. The Kier molecular flexibility index (Phi) is 4.85. The Morgan fingerprint density at radius 1 is 1.43 bits per heavy atom. The second-order valence-corrected chi connectivity index (χ2v) is 7.66. The molecular weight excluding hydrogens is 292 g/mol. The van der Waals surface area contributed by atoms with Crippen LogP contribution in [0.2, 0.25) is 0 Å². The van der Waals surface area contributed by atoms with Crippen LogP contribution in [0.3, 0.4) is 0 Å². The fraction of sp³-hybridized carbons (Fsp3) is 0.643. The molecule has 2 rings (SSSR count). The maximum atomic E-state index is 12.2. The van der Waals surface area contributed by atoms with Crippen molar-refractivity contribution in [2.75, 3.05) is 20.3 Å². The lowest BCUT2D eigenvalue weighted by Gasteiger charge is -2.20. The molecule has 1 aliphatic rings. The van der Waals surface area contributed by atoms with Gasteiger partial charge in [-0.15, -0.1) is 0 Å². The van der Waals surface area contributed by atoms with Gasteiger partial charge in [0.25, 0.3) is 5.56 Å². The van der Waals surface area contributed by atoms with E-state index in [1.807, 2.05) is 13.0 Å². The number of rotatable bonds is 7. The lowest BCUT2D eigenvalue weighted by atomic mass is 10.2. The lowest BCUT2D eigenvalue weighted by Crippen LogP contribution is -2.38. The number of hydrogen-bond acceptors (Lipinski definition) is 4. The normalized spacial score (nSPS) is 16.9. The molecule has 7 heteroatoms. The summed E-state index contributed by atoms with van der Waals surface area (Å²) < 4.78 is 33.1. The molecule has 1 aromatic heterocycles. The number of ether oxygens (including phenoxy) is 1. The molecule has 1 aliphatic carbocycles. The van der Waals surface area contributed by atoms with Gasteiger partial charge in [0.05, 0.1) is 17.9 Å². The van der Waals surface area contributed by atoms with E-state index in [-0.39, 0.29) is 30.0 Å². The minimum atomic E-state index is -3.26. The summed E-state index contributed by atoms with van der Waals surface area (Å²) >= 11 is 0. The van der Waals surface area contributed by atoms with Crippen molar-refractivity contribution in [2.24, 2.45) is 0 Å². The van der Waals surface area contributed by atoms with E-state index >= 15 is 0 Å². The first kappa shape index (κ1) is 16.2. The van der Waals surface area contributed by atoms with E-state index in [1.165, 1.54) is 7.11 Å². The molecule has 21 heavy (non-hydrogen) atoms. The number of nitrogens with one attached hydrogen (secondary N) is 1. The van der Waals surface area contributed by atoms with E-state index < -0.39 is 10.0 Å². The predicted molar refractivity (Wildman–Crippen MR) is 81.0 cm³/mol. The van der Waals surface area contributed by atoms with Crippen molar-refractivity contribution in [3.05, 3.63) is 33.7 Å². The fourth-order valence-electron chi connectivity index (χ4n) is 2.33. The highest BCUT2D eigenvalue weighted by Gasteiger charge is 2.35. The molecule has 0 aliphatic heterocycles. The Morgan fingerprint density at radius 2 is 2.10 bits per heavy atom. The van der Waals surface area contributed by atoms with Crippen LogP contribution in [-0.2, 0) is 14.8 Å². The zero-order valence-electron chi connectivity index (χ0n) is 12.6. The van der Waals surface area contributed by atoms with Crippen molar-refractivity contribution in [1.29, 1.82) is 0 Å². The van der Waals surface area contributed by atoms with E-state index in [0.717, 1.165) is 5.56 Å². The first-order valence-electron chi connectivity index (χ1n) is 7.02. The fourth-order valence-corrected chi connectivity index (χ4v) is 3.75. The van der Waals surface area contributed by atoms with E-state index in [2.05, 4.69) is 4.72 Å². The van der Waals surface area contributed by atoms with Crippen LogP contribution in [0.25, 0.3) is 0 Å². The van der Waals surface area contributed by atoms with Gasteiger partial charge in [-0.2, -0.15) is 0 Å². The highest BCUT2D eigenvalue weighted by Crippen LogP contribution is 2.27. The average Bonchev–Trinajstić information content (AvgIpc) is 3.23. The number of sulfonamides is 1. The van der Waals surface area contributed by atoms with Gasteiger partial charge in [-0.1, -0.05) is 0 Å². The van der Waals surface area contributed by atoms with Crippen LogP contribution in [0.4, 0.5) is 0 Å². The van der Waals surface area contributed by atoms with Gasteiger partial charge in [-0.25, -0.2) is 13.1 Å². The standard InChI is InChI=1S/C14H22N2O4S/c1-10-6-11(2)14(17)16(8-10)12(9-20-3)7-15-21(18,19)13-4-5-13/h6,8,12-13,15H,4-5,7,9H2,1-3H3/t12-/m1/s1. The van der Waals surface area contributed by atoms with Gasteiger partial charge in [0.15, 0.2) is 0 Å². The second-order valence-electron chi connectivity index (χ2n) is 5.61. The van der Waals surface area contributed by atoms with Crippen molar-refractivity contribution in [3.63, 3.8) is 0 Å². The molecule has 1 heterocycles. The summed E-state index contributed by atoms with van der Waals surface area (Å²) in [6.07, 6.45) is 3.17. The van der Waals surface area contributed by atoms with E-state index in [9.17, 15) is 13.2 Å². The van der Waals surface area contributed by atoms with Gasteiger partial charge in [0.1, 0.15) is 0 Å². The Balaban J connectivity index is 2.21. The van der Waals surface area contributed by atoms with Crippen LogP contribution in [0.5, 0.6) is 0 Å². The number of aryl methyl sites for hydroxylation is 2. The Hall–Kier alpha value is -1.18. The maximum Gasteiger partial charge on any atom is 0.253 e. The summed E-state index contributed by atoms with van der Waals surface area (Å²) in [6.45, 7) is 4.09. The summed E-state index contributed by atoms with van der Waals surface area (Å²) in [6, 6.07) is 1.46. The molecule has 0 saturated heterocycles. The van der Waals surface area contributed by atoms with Crippen molar-refractivity contribution in [3.8, 4) is 0 Å². The SMILES string of the molecule is COC[C@@H](CNS(=O)(=O)C1CC1)n1cc(C)cc(C)c1=O.